The molecule has 2 aromatic rings. The Labute approximate surface area is 169 Å². The van der Waals surface area contributed by atoms with Crippen LogP contribution in [0.1, 0.15) is 16.7 Å². The molecule has 0 heterocycles. The van der Waals surface area contributed by atoms with Crippen molar-refractivity contribution in [2.45, 2.75) is 18.9 Å². The number of nitrogens with zero attached hydrogens (tertiary/aromatic N) is 1. The average molecular weight is 475 g/mol. The van der Waals surface area contributed by atoms with Crippen molar-refractivity contribution in [3.63, 3.8) is 0 Å². The molecule has 0 amide bonds. The molecule has 136 valence electrons. The number of anilines is 1. The van der Waals surface area contributed by atoms with E-state index in [0.717, 1.165) is 28.1 Å². The maximum absolute atomic E-state index is 13.4. The number of ether oxygens (including phenoxy) is 1. The van der Waals surface area contributed by atoms with E-state index in [9.17, 15) is 4.39 Å². The molecule has 0 spiro atoms. The second-order valence-electron chi connectivity index (χ2n) is 5.26. The highest BCUT2D eigenvalue weighted by atomic mass is 127. The normalized spacial score (nSPS) is 11.1. The summed E-state index contributed by atoms with van der Waals surface area (Å²) in [7, 11) is 1.65. The number of nitrogens with one attached hydrogen (secondary N) is 1. The van der Waals surface area contributed by atoms with Gasteiger partial charge in [-0.25, -0.2) is 9.38 Å². The van der Waals surface area contributed by atoms with Crippen molar-refractivity contribution in [1.82, 2.24) is 0 Å². The second kappa shape index (κ2) is 11.3. The van der Waals surface area contributed by atoms with Gasteiger partial charge >= 0.3 is 0 Å². The number of benzene rings is 2. The molecule has 0 fully saturated rings. The highest BCUT2D eigenvalue weighted by Crippen LogP contribution is 2.18. The topological polar surface area (TPSA) is 59.6 Å². The van der Waals surface area contributed by atoms with Crippen molar-refractivity contribution in [2.75, 3.05) is 18.7 Å². The van der Waals surface area contributed by atoms with E-state index in [1.165, 1.54) is 6.07 Å². The average Bonchev–Trinajstić information content (AvgIpc) is 2.56. The lowest BCUT2D eigenvalue weighted by molar-refractivity contribution is 0.185. The predicted octanol–water partition coefficient (Wildman–Crippen LogP) is 4.38. The Morgan fingerprint density at radius 2 is 1.96 bits per heavy atom. The van der Waals surface area contributed by atoms with Crippen LogP contribution in [0.2, 0.25) is 0 Å². The lowest BCUT2D eigenvalue weighted by atomic mass is 10.1. The molecule has 3 N–H and O–H groups in total. The summed E-state index contributed by atoms with van der Waals surface area (Å²) >= 11 is 1.65. The molecule has 0 atom stereocenters. The van der Waals surface area contributed by atoms with Gasteiger partial charge in [0.15, 0.2) is 5.96 Å². The Hall–Kier alpha value is -1.32. The highest BCUT2D eigenvalue weighted by molar-refractivity contribution is 14.0. The van der Waals surface area contributed by atoms with Crippen LogP contribution < -0.4 is 11.1 Å². The molecule has 4 nitrogen and oxygen atoms in total. The van der Waals surface area contributed by atoms with Gasteiger partial charge in [-0.15, -0.1) is 24.0 Å². The summed E-state index contributed by atoms with van der Waals surface area (Å²) in [6.07, 6.45) is 1.99. The summed E-state index contributed by atoms with van der Waals surface area (Å²) in [5.74, 6) is 0.830. The summed E-state index contributed by atoms with van der Waals surface area (Å²) in [6.45, 7) is 0.897. The third kappa shape index (κ3) is 6.83. The predicted molar refractivity (Wildman–Crippen MR) is 115 cm³/mol. The van der Waals surface area contributed by atoms with Crippen LogP contribution in [0.15, 0.2) is 47.5 Å². The van der Waals surface area contributed by atoms with Crippen molar-refractivity contribution < 1.29 is 9.13 Å². The minimum atomic E-state index is -0.230. The van der Waals surface area contributed by atoms with Gasteiger partial charge < -0.3 is 15.8 Å². The summed E-state index contributed by atoms with van der Waals surface area (Å²) in [5, 5.41) is 3.10. The fourth-order valence-corrected chi connectivity index (χ4v) is 2.89. The zero-order valence-electron chi connectivity index (χ0n) is 14.3. The summed E-state index contributed by atoms with van der Waals surface area (Å²) < 4.78 is 18.6. The van der Waals surface area contributed by atoms with Crippen LogP contribution in [0.3, 0.4) is 0 Å². The summed E-state index contributed by atoms with van der Waals surface area (Å²) in [4.78, 5) is 4.37. The van der Waals surface area contributed by atoms with Crippen molar-refractivity contribution in [2.24, 2.45) is 10.7 Å². The van der Waals surface area contributed by atoms with Crippen LogP contribution in [0.5, 0.6) is 0 Å². The molecular formula is C18H23FIN3OS. The van der Waals surface area contributed by atoms with E-state index >= 15 is 0 Å². The zero-order valence-corrected chi connectivity index (χ0v) is 17.4. The smallest absolute Gasteiger partial charge is 0.193 e. The van der Waals surface area contributed by atoms with E-state index in [0.29, 0.717) is 19.1 Å². The first-order valence-electron chi connectivity index (χ1n) is 7.54. The Morgan fingerprint density at radius 1 is 1.20 bits per heavy atom. The Bertz CT molecular complexity index is 712. The van der Waals surface area contributed by atoms with Gasteiger partial charge in [0.1, 0.15) is 5.82 Å². The number of thioether (sulfide) groups is 1. The highest BCUT2D eigenvalue weighted by Gasteiger charge is 2.05. The van der Waals surface area contributed by atoms with E-state index in [-0.39, 0.29) is 29.8 Å². The van der Waals surface area contributed by atoms with Gasteiger partial charge in [-0.05, 0) is 35.6 Å². The maximum Gasteiger partial charge on any atom is 0.193 e. The van der Waals surface area contributed by atoms with E-state index in [1.54, 1.807) is 31.0 Å². The fourth-order valence-electron chi connectivity index (χ4n) is 2.31. The Balaban J connectivity index is 0.00000312. The van der Waals surface area contributed by atoms with Gasteiger partial charge in [-0.3, -0.25) is 0 Å². The van der Waals surface area contributed by atoms with Crippen LogP contribution in [0.4, 0.5) is 10.1 Å². The molecular weight excluding hydrogens is 452 g/mol. The first kappa shape index (κ1) is 21.7. The lowest BCUT2D eigenvalue weighted by Gasteiger charge is -2.11. The zero-order chi connectivity index (χ0) is 17.4. The molecule has 0 radical (unpaired) electrons. The van der Waals surface area contributed by atoms with Crippen LogP contribution >= 0.6 is 35.7 Å². The largest absolute Gasteiger partial charge is 0.380 e. The molecule has 0 aliphatic rings. The molecule has 0 saturated carbocycles. The maximum atomic E-state index is 13.4. The molecule has 0 aliphatic carbocycles. The molecule has 7 heteroatoms. The first-order valence-corrected chi connectivity index (χ1v) is 8.93. The quantitative estimate of drug-likeness (QED) is 0.355. The second-order valence-corrected chi connectivity index (χ2v) is 6.13. The molecule has 2 rings (SSSR count). The van der Waals surface area contributed by atoms with Crippen LogP contribution in [0.25, 0.3) is 0 Å². The van der Waals surface area contributed by atoms with Gasteiger partial charge in [0, 0.05) is 24.1 Å². The number of halogens is 2. The number of rotatable bonds is 7. The van der Waals surface area contributed by atoms with Crippen LogP contribution in [0, 0.1) is 5.82 Å². The van der Waals surface area contributed by atoms with Crippen molar-refractivity contribution in [1.29, 1.82) is 0 Å². The minimum Gasteiger partial charge on any atom is -0.380 e. The summed E-state index contributed by atoms with van der Waals surface area (Å²) in [6, 6.07) is 12.5. The van der Waals surface area contributed by atoms with Gasteiger partial charge in [-0.2, -0.15) is 11.8 Å². The third-order valence-corrected chi connectivity index (χ3v) is 4.07. The monoisotopic (exact) mass is 475 g/mol. The number of guanidine groups is 1. The number of nitrogens with two attached hydrogens (primary N) is 1. The molecule has 0 unspecified atom stereocenters. The Kier molecular flexibility index (Phi) is 9.84. The SMILES string of the molecule is COCc1ccccc1NC(N)=NCc1ccc(F)cc1CSC.I. The summed E-state index contributed by atoms with van der Waals surface area (Å²) in [5.41, 5.74) is 9.78. The standard InChI is InChI=1S/C18H22FN3OS.HI/c1-23-11-14-5-3-4-6-17(14)22-18(20)21-10-13-7-8-16(19)9-15(13)12-24-2;/h3-9H,10-12H2,1-2H3,(H3,20,21,22);1H. The molecule has 0 bridgehead atoms. The number of hydrogen-bond donors (Lipinski definition) is 2. The minimum absolute atomic E-state index is 0. The number of para-hydroxylation sites is 1. The van der Waals surface area contributed by atoms with Crippen molar-refractivity contribution >= 4 is 47.4 Å². The molecule has 25 heavy (non-hydrogen) atoms. The van der Waals surface area contributed by atoms with Gasteiger partial charge in [0.25, 0.3) is 0 Å². The van der Waals surface area contributed by atoms with Gasteiger partial charge in [0.2, 0.25) is 0 Å². The van der Waals surface area contributed by atoms with Crippen LogP contribution in [-0.2, 0) is 23.6 Å². The van der Waals surface area contributed by atoms with Gasteiger partial charge in [0.05, 0.1) is 13.2 Å². The number of aliphatic imine (C=N–C) groups is 1. The Morgan fingerprint density at radius 3 is 2.68 bits per heavy atom. The number of hydrogen-bond acceptors (Lipinski definition) is 3. The third-order valence-electron chi connectivity index (χ3n) is 3.47. The van der Waals surface area contributed by atoms with Crippen molar-refractivity contribution in [3.8, 4) is 0 Å². The van der Waals surface area contributed by atoms with Crippen molar-refractivity contribution in [3.05, 3.63) is 65.0 Å². The molecule has 0 aromatic heterocycles. The van der Waals surface area contributed by atoms with E-state index in [4.69, 9.17) is 10.5 Å². The van der Waals surface area contributed by atoms with Crippen LogP contribution in [-0.4, -0.2) is 19.3 Å². The van der Waals surface area contributed by atoms with E-state index in [2.05, 4.69) is 10.3 Å². The first-order chi connectivity index (χ1) is 11.6. The molecule has 0 saturated heterocycles. The molecule has 0 aliphatic heterocycles. The van der Waals surface area contributed by atoms with Gasteiger partial charge in [-0.1, -0.05) is 24.3 Å². The molecule has 2 aromatic carbocycles. The fraction of sp³-hybridized carbons (Fsp3) is 0.278. The lowest BCUT2D eigenvalue weighted by Crippen LogP contribution is -2.23. The number of methoxy groups -OCH3 is 1. The van der Waals surface area contributed by atoms with E-state index < -0.39 is 0 Å². The van der Waals surface area contributed by atoms with E-state index in [1.807, 2.05) is 30.5 Å².